The van der Waals surface area contributed by atoms with E-state index in [1.165, 1.54) is 32.1 Å². The topological polar surface area (TPSA) is 0 Å². The summed E-state index contributed by atoms with van der Waals surface area (Å²) in [6.07, 6.45) is 12.2. The number of fused-ring (bicyclic) bond motifs is 3. The molecule has 0 radical (unpaired) electrons. The van der Waals surface area contributed by atoms with Crippen molar-refractivity contribution in [1.29, 1.82) is 0 Å². The first-order valence-corrected chi connectivity index (χ1v) is 8.43. The van der Waals surface area contributed by atoms with Crippen molar-refractivity contribution in [3.05, 3.63) is 35.9 Å². The second kappa shape index (κ2) is 3.45. The minimum atomic E-state index is 0.649. The molecule has 1 spiro atoms. The van der Waals surface area contributed by atoms with E-state index in [4.69, 9.17) is 0 Å². The first-order valence-electron chi connectivity index (χ1n) is 8.43. The zero-order chi connectivity index (χ0) is 12.5. The van der Waals surface area contributed by atoms with Gasteiger partial charge >= 0.3 is 0 Å². The number of hydrogen-bond donors (Lipinski definition) is 0. The molecule has 4 aliphatic carbocycles. The molecule has 0 heterocycles. The molecule has 0 nitrogen and oxygen atoms in total. The molecule has 0 aromatic heterocycles. The maximum Gasteiger partial charge on any atom is 0.00212 e. The highest BCUT2D eigenvalue weighted by molar-refractivity contribution is 5.45. The number of benzene rings is 1. The van der Waals surface area contributed by atoms with E-state index in [1.807, 2.05) is 0 Å². The van der Waals surface area contributed by atoms with Crippen LogP contribution in [-0.4, -0.2) is 0 Å². The molecule has 4 aliphatic rings. The molecule has 0 saturated heterocycles. The van der Waals surface area contributed by atoms with Crippen LogP contribution in [0.4, 0.5) is 0 Å². The Balaban J connectivity index is 1.52. The van der Waals surface area contributed by atoms with Crippen molar-refractivity contribution in [2.45, 2.75) is 56.8 Å². The Bertz CT molecular complexity index is 504. The van der Waals surface area contributed by atoms with Crippen LogP contribution in [-0.2, 0) is 5.41 Å². The SMILES string of the molecule is c1ccc([C@@]23C[C@H]2CC24CCCCCC[C@H]2[C@H]43)cc1. The summed E-state index contributed by atoms with van der Waals surface area (Å²) in [6, 6.07) is 11.5. The molecule has 1 aromatic rings. The van der Waals surface area contributed by atoms with Crippen molar-refractivity contribution >= 4 is 0 Å². The lowest BCUT2D eigenvalue weighted by Crippen LogP contribution is -2.12. The molecule has 0 N–H and O–H groups in total. The van der Waals surface area contributed by atoms with Crippen LogP contribution >= 0.6 is 0 Å². The van der Waals surface area contributed by atoms with Gasteiger partial charge in [0.25, 0.3) is 0 Å². The fraction of sp³-hybridized carbons (Fsp3) is 0.684. The molecule has 5 atom stereocenters. The van der Waals surface area contributed by atoms with Gasteiger partial charge in [-0.05, 0) is 54.4 Å². The van der Waals surface area contributed by atoms with Gasteiger partial charge in [-0.1, -0.05) is 56.0 Å². The Morgan fingerprint density at radius 1 is 0.895 bits per heavy atom. The van der Waals surface area contributed by atoms with Crippen molar-refractivity contribution < 1.29 is 0 Å². The van der Waals surface area contributed by atoms with E-state index in [2.05, 4.69) is 30.3 Å². The van der Waals surface area contributed by atoms with E-state index >= 15 is 0 Å². The van der Waals surface area contributed by atoms with Crippen LogP contribution in [0.1, 0.15) is 56.9 Å². The lowest BCUT2D eigenvalue weighted by atomic mass is 9.87. The van der Waals surface area contributed by atoms with Crippen LogP contribution in [0.25, 0.3) is 0 Å². The van der Waals surface area contributed by atoms with Gasteiger partial charge < -0.3 is 0 Å². The smallest absolute Gasteiger partial charge is 0.00212 e. The lowest BCUT2D eigenvalue weighted by molar-refractivity contribution is 0.328. The van der Waals surface area contributed by atoms with Crippen LogP contribution in [0.2, 0.25) is 0 Å². The Hall–Kier alpha value is -0.780. The van der Waals surface area contributed by atoms with Gasteiger partial charge in [-0.25, -0.2) is 0 Å². The fourth-order valence-electron chi connectivity index (χ4n) is 6.52. The van der Waals surface area contributed by atoms with Crippen molar-refractivity contribution in [3.63, 3.8) is 0 Å². The second-order valence-electron chi connectivity index (χ2n) is 7.78. The average molecular weight is 252 g/mol. The summed E-state index contributed by atoms with van der Waals surface area (Å²) in [7, 11) is 0. The molecule has 0 aliphatic heterocycles. The second-order valence-corrected chi connectivity index (χ2v) is 7.78. The average Bonchev–Trinajstić information content (AvgIpc) is 3.26. The Morgan fingerprint density at radius 3 is 2.63 bits per heavy atom. The van der Waals surface area contributed by atoms with E-state index < -0.39 is 0 Å². The normalized spacial score (nSPS) is 50.4. The third-order valence-electron chi connectivity index (χ3n) is 7.20. The van der Waals surface area contributed by atoms with Gasteiger partial charge in [0.15, 0.2) is 0 Å². The summed E-state index contributed by atoms with van der Waals surface area (Å²) in [5.74, 6) is 3.23. The lowest BCUT2D eigenvalue weighted by Gasteiger charge is -2.18. The molecular formula is C19H24. The van der Waals surface area contributed by atoms with Crippen LogP contribution in [0.3, 0.4) is 0 Å². The van der Waals surface area contributed by atoms with E-state index in [9.17, 15) is 0 Å². The summed E-state index contributed by atoms with van der Waals surface area (Å²) in [6.45, 7) is 0. The first kappa shape index (κ1) is 10.9. The Labute approximate surface area is 116 Å². The van der Waals surface area contributed by atoms with Crippen molar-refractivity contribution in [2.75, 3.05) is 0 Å². The van der Waals surface area contributed by atoms with E-state index in [1.54, 1.807) is 24.8 Å². The van der Waals surface area contributed by atoms with Crippen LogP contribution < -0.4 is 0 Å². The zero-order valence-corrected chi connectivity index (χ0v) is 11.8. The summed E-state index contributed by atoms with van der Waals surface area (Å²) in [4.78, 5) is 0. The number of hydrogen-bond acceptors (Lipinski definition) is 0. The highest BCUT2D eigenvalue weighted by Gasteiger charge is 2.83. The highest BCUT2D eigenvalue weighted by Crippen LogP contribution is 2.88. The van der Waals surface area contributed by atoms with E-state index in [0.29, 0.717) is 5.41 Å². The third kappa shape index (κ3) is 1.22. The molecule has 0 amide bonds. The fourth-order valence-corrected chi connectivity index (χ4v) is 6.52. The summed E-state index contributed by atoms with van der Waals surface area (Å²) < 4.78 is 0. The van der Waals surface area contributed by atoms with Gasteiger partial charge in [0.1, 0.15) is 0 Å². The monoisotopic (exact) mass is 252 g/mol. The largest absolute Gasteiger partial charge is 0.0622 e. The van der Waals surface area contributed by atoms with Gasteiger partial charge in [-0.15, -0.1) is 0 Å². The maximum atomic E-state index is 2.42. The minimum absolute atomic E-state index is 0.649. The van der Waals surface area contributed by atoms with Gasteiger partial charge in [-0.3, -0.25) is 0 Å². The zero-order valence-electron chi connectivity index (χ0n) is 11.8. The molecule has 1 aromatic carbocycles. The first-order chi connectivity index (χ1) is 9.38. The predicted octanol–water partition coefficient (Wildman–Crippen LogP) is 4.93. The maximum absolute atomic E-state index is 2.42. The van der Waals surface area contributed by atoms with Gasteiger partial charge in [0, 0.05) is 5.41 Å². The molecule has 1 unspecified atom stereocenters. The third-order valence-corrected chi connectivity index (χ3v) is 7.20. The van der Waals surface area contributed by atoms with E-state index in [-0.39, 0.29) is 0 Å². The molecule has 0 bridgehead atoms. The summed E-state index contributed by atoms with van der Waals surface area (Å²) in [5, 5.41) is 0. The predicted molar refractivity (Wildman–Crippen MR) is 78.0 cm³/mol. The molecular weight excluding hydrogens is 228 g/mol. The van der Waals surface area contributed by atoms with Crippen LogP contribution in [0.15, 0.2) is 30.3 Å². The highest BCUT2D eigenvalue weighted by atomic mass is 14.9. The quantitative estimate of drug-likeness (QED) is 0.664. The molecule has 4 fully saturated rings. The van der Waals surface area contributed by atoms with Crippen molar-refractivity contribution in [2.24, 2.45) is 23.2 Å². The van der Waals surface area contributed by atoms with Crippen molar-refractivity contribution in [1.82, 2.24) is 0 Å². The van der Waals surface area contributed by atoms with Gasteiger partial charge in [-0.2, -0.15) is 0 Å². The summed E-state index contributed by atoms with van der Waals surface area (Å²) in [5.41, 5.74) is 3.16. The van der Waals surface area contributed by atoms with Crippen LogP contribution in [0.5, 0.6) is 0 Å². The molecule has 100 valence electrons. The van der Waals surface area contributed by atoms with Gasteiger partial charge in [0.2, 0.25) is 0 Å². The van der Waals surface area contributed by atoms with Crippen LogP contribution in [0, 0.1) is 23.2 Å². The Morgan fingerprint density at radius 2 is 1.74 bits per heavy atom. The summed E-state index contributed by atoms with van der Waals surface area (Å²) >= 11 is 0. The molecule has 0 heteroatoms. The molecule has 4 saturated carbocycles. The molecule has 5 rings (SSSR count). The van der Waals surface area contributed by atoms with Crippen molar-refractivity contribution in [3.8, 4) is 0 Å². The standard InChI is InChI=1S/C19H24/c1-2-7-11-18-12-15-13-19(15,14-8-4-3-5-9-14)17(18)16(18)10-6-1/h3-5,8-9,15-17H,1-2,6-7,10-13H2/t15-,16+,17-,18?,19+/m1/s1. The Kier molecular flexibility index (Phi) is 1.99. The van der Waals surface area contributed by atoms with E-state index in [0.717, 1.165) is 23.2 Å². The molecule has 19 heavy (non-hydrogen) atoms. The number of rotatable bonds is 1. The van der Waals surface area contributed by atoms with Gasteiger partial charge in [0.05, 0.1) is 0 Å². The minimum Gasteiger partial charge on any atom is -0.0622 e.